The third-order valence-electron chi connectivity index (χ3n) is 3.80. The van der Waals surface area contributed by atoms with Crippen LogP contribution >= 0.6 is 0 Å². The van der Waals surface area contributed by atoms with Gasteiger partial charge in [0.15, 0.2) is 0 Å². The Balaban J connectivity index is 1.75. The van der Waals surface area contributed by atoms with Crippen molar-refractivity contribution in [3.8, 4) is 5.69 Å². The molecular formula is C17H17N5O4S2. The van der Waals surface area contributed by atoms with E-state index in [0.717, 1.165) is 11.4 Å². The van der Waals surface area contributed by atoms with Crippen LogP contribution in [-0.2, 0) is 20.0 Å². The lowest BCUT2D eigenvalue weighted by Gasteiger charge is -2.07. The number of aromatic nitrogens is 1. The van der Waals surface area contributed by atoms with Crippen LogP contribution in [0.1, 0.15) is 5.69 Å². The number of primary sulfonamides is 2. The molecule has 1 aromatic heterocycles. The van der Waals surface area contributed by atoms with E-state index in [0.29, 0.717) is 5.69 Å². The van der Waals surface area contributed by atoms with Crippen molar-refractivity contribution in [2.24, 2.45) is 15.4 Å². The molecule has 3 aromatic rings. The van der Waals surface area contributed by atoms with E-state index in [9.17, 15) is 16.8 Å². The van der Waals surface area contributed by atoms with Crippen LogP contribution in [0.3, 0.4) is 0 Å². The first-order valence-electron chi connectivity index (χ1n) is 7.87. The van der Waals surface area contributed by atoms with Crippen LogP contribution in [0.5, 0.6) is 0 Å². The standard InChI is InChI=1S/C17H17N5O4S2/c18-27(23,24)16-7-3-13(4-8-16)21-20-12-15-2-1-11-22(15)14-5-9-17(10-6-14)28(19,25)26/h1-12,21H,(H2,18,23,24)(H2,19,25,26). The molecule has 1 heterocycles. The molecule has 0 aliphatic carbocycles. The smallest absolute Gasteiger partial charge is 0.238 e. The molecule has 0 atom stereocenters. The van der Waals surface area contributed by atoms with Gasteiger partial charge in [-0.3, -0.25) is 5.43 Å². The van der Waals surface area contributed by atoms with Gasteiger partial charge in [0.1, 0.15) is 0 Å². The second kappa shape index (κ2) is 7.56. The molecule has 2 aromatic carbocycles. The van der Waals surface area contributed by atoms with E-state index in [1.54, 1.807) is 36.7 Å². The third kappa shape index (κ3) is 4.64. The van der Waals surface area contributed by atoms with Crippen LogP contribution in [0, 0.1) is 0 Å². The number of benzene rings is 2. The molecule has 0 spiro atoms. The number of sulfonamides is 2. The van der Waals surface area contributed by atoms with E-state index in [1.165, 1.54) is 24.3 Å². The Morgan fingerprint density at radius 3 is 1.89 bits per heavy atom. The van der Waals surface area contributed by atoms with Crippen LogP contribution in [0.4, 0.5) is 5.69 Å². The SMILES string of the molecule is NS(=O)(=O)c1ccc(NN=Cc2cccn2-c2ccc(S(N)(=O)=O)cc2)cc1. The third-order valence-corrected chi connectivity index (χ3v) is 5.66. The minimum atomic E-state index is -3.75. The summed E-state index contributed by atoms with van der Waals surface area (Å²) in [6.45, 7) is 0. The molecule has 0 saturated heterocycles. The van der Waals surface area contributed by atoms with Gasteiger partial charge in [-0.05, 0) is 60.7 Å². The molecule has 0 amide bonds. The van der Waals surface area contributed by atoms with Crippen LogP contribution in [0.25, 0.3) is 5.69 Å². The summed E-state index contributed by atoms with van der Waals surface area (Å²) < 4.78 is 47.0. The highest BCUT2D eigenvalue weighted by molar-refractivity contribution is 7.89. The average Bonchev–Trinajstić information content (AvgIpc) is 3.09. The van der Waals surface area contributed by atoms with Crippen molar-refractivity contribution >= 4 is 31.9 Å². The Kier molecular flexibility index (Phi) is 5.34. The predicted octanol–water partition coefficient (Wildman–Crippen LogP) is 1.22. The lowest BCUT2D eigenvalue weighted by atomic mass is 10.3. The summed E-state index contributed by atoms with van der Waals surface area (Å²) in [5.74, 6) is 0. The normalized spacial score (nSPS) is 12.4. The number of hydrogen-bond donors (Lipinski definition) is 3. The van der Waals surface area contributed by atoms with E-state index in [-0.39, 0.29) is 9.79 Å². The molecule has 0 fully saturated rings. The molecule has 0 bridgehead atoms. The van der Waals surface area contributed by atoms with E-state index in [1.807, 2.05) is 16.7 Å². The van der Waals surface area contributed by atoms with Gasteiger partial charge < -0.3 is 4.57 Å². The minimum Gasteiger partial charge on any atom is -0.316 e. The monoisotopic (exact) mass is 419 g/mol. The van der Waals surface area contributed by atoms with Gasteiger partial charge in [0.05, 0.1) is 27.4 Å². The first kappa shape index (κ1) is 19.8. The van der Waals surface area contributed by atoms with Gasteiger partial charge in [-0.15, -0.1) is 0 Å². The second-order valence-corrected chi connectivity index (χ2v) is 8.90. The molecule has 28 heavy (non-hydrogen) atoms. The summed E-state index contributed by atoms with van der Waals surface area (Å²) in [6.07, 6.45) is 3.37. The van der Waals surface area contributed by atoms with E-state index < -0.39 is 20.0 Å². The fourth-order valence-corrected chi connectivity index (χ4v) is 3.45. The van der Waals surface area contributed by atoms with Crippen LogP contribution in [0.15, 0.2) is 81.8 Å². The number of anilines is 1. The Hall–Kier alpha value is -2.99. The van der Waals surface area contributed by atoms with Crippen LogP contribution in [-0.4, -0.2) is 27.6 Å². The summed E-state index contributed by atoms with van der Waals surface area (Å²) >= 11 is 0. The Morgan fingerprint density at radius 2 is 1.36 bits per heavy atom. The summed E-state index contributed by atoms with van der Waals surface area (Å²) in [7, 11) is -7.49. The highest BCUT2D eigenvalue weighted by atomic mass is 32.2. The van der Waals surface area contributed by atoms with Crippen molar-refractivity contribution in [3.63, 3.8) is 0 Å². The van der Waals surface area contributed by atoms with Crippen molar-refractivity contribution in [1.82, 2.24) is 4.57 Å². The minimum absolute atomic E-state index is 0.0128. The van der Waals surface area contributed by atoms with Crippen LogP contribution in [0.2, 0.25) is 0 Å². The molecule has 0 radical (unpaired) electrons. The van der Waals surface area contributed by atoms with Gasteiger partial charge in [-0.2, -0.15) is 5.10 Å². The van der Waals surface area contributed by atoms with Gasteiger partial charge in [-0.25, -0.2) is 27.1 Å². The Bertz CT molecular complexity index is 1210. The summed E-state index contributed by atoms with van der Waals surface area (Å²) in [6, 6.07) is 15.6. The fourth-order valence-electron chi connectivity index (χ4n) is 2.42. The van der Waals surface area contributed by atoms with Crippen molar-refractivity contribution in [2.75, 3.05) is 5.43 Å². The van der Waals surface area contributed by atoms with Crippen molar-refractivity contribution in [2.45, 2.75) is 9.79 Å². The Labute approximate surface area is 162 Å². The maximum absolute atomic E-state index is 11.4. The molecule has 146 valence electrons. The van der Waals surface area contributed by atoms with E-state index in [4.69, 9.17) is 10.3 Å². The summed E-state index contributed by atoms with van der Waals surface area (Å²) in [4.78, 5) is 0.0436. The number of nitrogens with two attached hydrogens (primary N) is 2. The van der Waals surface area contributed by atoms with Gasteiger partial charge >= 0.3 is 0 Å². The zero-order valence-corrected chi connectivity index (χ0v) is 16.1. The van der Waals surface area contributed by atoms with Crippen LogP contribution < -0.4 is 15.7 Å². The van der Waals surface area contributed by atoms with Gasteiger partial charge in [0, 0.05) is 11.9 Å². The summed E-state index contributed by atoms with van der Waals surface area (Å²) in [5.41, 5.74) is 4.84. The number of hydrogen-bond acceptors (Lipinski definition) is 6. The first-order valence-corrected chi connectivity index (χ1v) is 11.0. The Morgan fingerprint density at radius 1 is 0.821 bits per heavy atom. The van der Waals surface area contributed by atoms with Gasteiger partial charge in [0.25, 0.3) is 0 Å². The number of nitrogens with one attached hydrogen (secondary N) is 1. The zero-order chi connectivity index (χ0) is 20.4. The predicted molar refractivity (Wildman–Crippen MR) is 106 cm³/mol. The molecule has 3 rings (SSSR count). The highest BCUT2D eigenvalue weighted by Crippen LogP contribution is 2.16. The van der Waals surface area contributed by atoms with E-state index >= 15 is 0 Å². The largest absolute Gasteiger partial charge is 0.316 e. The number of nitrogens with zero attached hydrogens (tertiary/aromatic N) is 2. The number of rotatable bonds is 6. The lowest BCUT2D eigenvalue weighted by molar-refractivity contribution is 0.596. The van der Waals surface area contributed by atoms with E-state index in [2.05, 4.69) is 10.5 Å². The molecule has 0 saturated carbocycles. The molecular weight excluding hydrogens is 402 g/mol. The fraction of sp³-hybridized carbons (Fsp3) is 0. The quantitative estimate of drug-likeness (QED) is 0.405. The average molecular weight is 419 g/mol. The highest BCUT2D eigenvalue weighted by Gasteiger charge is 2.08. The number of hydrazone groups is 1. The molecule has 11 heteroatoms. The van der Waals surface area contributed by atoms with Crippen molar-refractivity contribution in [3.05, 3.63) is 72.6 Å². The summed E-state index contributed by atoms with van der Waals surface area (Å²) in [5, 5.41) is 14.3. The zero-order valence-electron chi connectivity index (χ0n) is 14.4. The lowest BCUT2D eigenvalue weighted by Crippen LogP contribution is -2.12. The maximum atomic E-state index is 11.4. The molecule has 0 aliphatic rings. The van der Waals surface area contributed by atoms with Gasteiger partial charge in [0.2, 0.25) is 20.0 Å². The maximum Gasteiger partial charge on any atom is 0.238 e. The molecule has 0 unspecified atom stereocenters. The molecule has 9 nitrogen and oxygen atoms in total. The second-order valence-electron chi connectivity index (χ2n) is 5.78. The van der Waals surface area contributed by atoms with Crippen molar-refractivity contribution < 1.29 is 16.8 Å². The molecule has 5 N–H and O–H groups in total. The molecule has 0 aliphatic heterocycles. The first-order chi connectivity index (χ1) is 13.1. The topological polar surface area (TPSA) is 150 Å². The van der Waals surface area contributed by atoms with Crippen molar-refractivity contribution in [1.29, 1.82) is 0 Å². The van der Waals surface area contributed by atoms with Gasteiger partial charge in [-0.1, -0.05) is 0 Å².